The van der Waals surface area contributed by atoms with E-state index in [1.54, 1.807) is 19.1 Å². The summed E-state index contributed by atoms with van der Waals surface area (Å²) in [5.41, 5.74) is 3.87. The lowest BCUT2D eigenvalue weighted by Gasteiger charge is -2.15. The van der Waals surface area contributed by atoms with Gasteiger partial charge in [-0.05, 0) is 45.0 Å². The Bertz CT molecular complexity index is 938. The standard InChI is InChI=1S/C21H22ClN3O2/c1-14-18(15(2)25(24-14)17-9-5-4-6-10-17)13-23-21(26)16(3)27-20-12-8-7-11-19(20)22/h4-12,16H,13H2,1-3H3,(H,23,26)/t16-/m0/s1. The van der Waals surface area contributed by atoms with Gasteiger partial charge in [0.25, 0.3) is 5.91 Å². The quantitative estimate of drug-likeness (QED) is 0.693. The minimum Gasteiger partial charge on any atom is -0.479 e. The molecule has 0 aliphatic carbocycles. The Hall–Kier alpha value is -2.79. The molecule has 1 amide bonds. The largest absolute Gasteiger partial charge is 0.479 e. The molecule has 0 aliphatic heterocycles. The highest BCUT2D eigenvalue weighted by atomic mass is 35.5. The second kappa shape index (κ2) is 8.27. The third-order valence-corrected chi connectivity index (χ3v) is 4.70. The van der Waals surface area contributed by atoms with Gasteiger partial charge < -0.3 is 10.1 Å². The van der Waals surface area contributed by atoms with Gasteiger partial charge in [-0.2, -0.15) is 5.10 Å². The predicted octanol–water partition coefficient (Wildman–Crippen LogP) is 4.23. The van der Waals surface area contributed by atoms with Crippen LogP contribution in [-0.4, -0.2) is 21.8 Å². The van der Waals surface area contributed by atoms with Gasteiger partial charge in [0.15, 0.2) is 6.10 Å². The lowest BCUT2D eigenvalue weighted by Crippen LogP contribution is -2.36. The summed E-state index contributed by atoms with van der Waals surface area (Å²) in [6.07, 6.45) is -0.658. The summed E-state index contributed by atoms with van der Waals surface area (Å²) in [7, 11) is 0. The molecular weight excluding hydrogens is 362 g/mol. The maximum atomic E-state index is 12.4. The molecule has 1 atom stereocenters. The minimum absolute atomic E-state index is 0.207. The number of carbonyl (C=O) groups excluding carboxylic acids is 1. The van der Waals surface area contributed by atoms with Crippen LogP contribution in [0.15, 0.2) is 54.6 Å². The third kappa shape index (κ3) is 4.31. The number of halogens is 1. The van der Waals surface area contributed by atoms with E-state index in [1.807, 2.05) is 61.0 Å². The molecule has 0 fully saturated rings. The zero-order valence-corrected chi connectivity index (χ0v) is 16.3. The summed E-state index contributed by atoms with van der Waals surface area (Å²) >= 11 is 6.08. The molecule has 5 nitrogen and oxygen atoms in total. The number of hydrogen-bond acceptors (Lipinski definition) is 3. The molecular formula is C21H22ClN3O2. The van der Waals surface area contributed by atoms with E-state index in [0.29, 0.717) is 17.3 Å². The van der Waals surface area contributed by atoms with Gasteiger partial charge in [-0.3, -0.25) is 4.79 Å². The summed E-state index contributed by atoms with van der Waals surface area (Å²) in [5.74, 6) is 0.284. The molecule has 1 aromatic heterocycles. The first-order valence-corrected chi connectivity index (χ1v) is 9.14. The van der Waals surface area contributed by atoms with Crippen LogP contribution in [0.2, 0.25) is 5.02 Å². The van der Waals surface area contributed by atoms with Gasteiger partial charge in [0, 0.05) is 17.8 Å². The van der Waals surface area contributed by atoms with Crippen LogP contribution >= 0.6 is 11.6 Å². The van der Waals surface area contributed by atoms with Crippen molar-refractivity contribution in [2.24, 2.45) is 0 Å². The van der Waals surface area contributed by atoms with E-state index in [1.165, 1.54) is 0 Å². The molecule has 2 aromatic carbocycles. The first-order valence-electron chi connectivity index (χ1n) is 8.76. The van der Waals surface area contributed by atoms with Gasteiger partial charge in [-0.15, -0.1) is 0 Å². The zero-order chi connectivity index (χ0) is 19.4. The fourth-order valence-corrected chi connectivity index (χ4v) is 3.04. The number of carbonyl (C=O) groups is 1. The van der Waals surface area contributed by atoms with Gasteiger partial charge in [-0.1, -0.05) is 41.9 Å². The van der Waals surface area contributed by atoms with Gasteiger partial charge in [0.2, 0.25) is 0 Å². The number of amides is 1. The number of hydrogen-bond donors (Lipinski definition) is 1. The van der Waals surface area contributed by atoms with Crippen molar-refractivity contribution in [2.75, 3.05) is 0 Å². The maximum Gasteiger partial charge on any atom is 0.261 e. The van der Waals surface area contributed by atoms with Crippen LogP contribution in [0.25, 0.3) is 5.69 Å². The van der Waals surface area contributed by atoms with Crippen molar-refractivity contribution in [3.63, 3.8) is 0 Å². The normalized spacial score (nSPS) is 11.9. The van der Waals surface area contributed by atoms with Gasteiger partial charge in [0.05, 0.1) is 16.4 Å². The lowest BCUT2D eigenvalue weighted by molar-refractivity contribution is -0.127. The number of para-hydroxylation sites is 2. The highest BCUT2D eigenvalue weighted by molar-refractivity contribution is 6.32. The van der Waals surface area contributed by atoms with Crippen LogP contribution in [0.5, 0.6) is 5.75 Å². The van der Waals surface area contributed by atoms with E-state index < -0.39 is 6.10 Å². The molecule has 3 rings (SSSR count). The Labute approximate surface area is 163 Å². The Balaban J connectivity index is 1.67. The monoisotopic (exact) mass is 383 g/mol. The average molecular weight is 384 g/mol. The summed E-state index contributed by atoms with van der Waals surface area (Å²) < 4.78 is 7.55. The molecule has 1 N–H and O–H groups in total. The van der Waals surface area contributed by atoms with E-state index in [0.717, 1.165) is 22.6 Å². The van der Waals surface area contributed by atoms with Gasteiger partial charge in [-0.25, -0.2) is 4.68 Å². The van der Waals surface area contributed by atoms with Crippen molar-refractivity contribution in [2.45, 2.75) is 33.4 Å². The van der Waals surface area contributed by atoms with Crippen molar-refractivity contribution in [1.82, 2.24) is 15.1 Å². The van der Waals surface area contributed by atoms with E-state index in [4.69, 9.17) is 16.3 Å². The van der Waals surface area contributed by atoms with E-state index >= 15 is 0 Å². The molecule has 0 unspecified atom stereocenters. The molecule has 0 saturated heterocycles. The topological polar surface area (TPSA) is 56.2 Å². The molecule has 0 bridgehead atoms. The van der Waals surface area contributed by atoms with E-state index in [-0.39, 0.29) is 5.91 Å². The lowest BCUT2D eigenvalue weighted by atomic mass is 10.2. The Morgan fingerprint density at radius 3 is 2.52 bits per heavy atom. The summed E-state index contributed by atoms with van der Waals surface area (Å²) in [6, 6.07) is 17.0. The fourth-order valence-electron chi connectivity index (χ4n) is 2.85. The number of nitrogens with zero attached hydrogens (tertiary/aromatic N) is 2. The highest BCUT2D eigenvalue weighted by Crippen LogP contribution is 2.24. The summed E-state index contributed by atoms with van der Waals surface area (Å²) in [6.45, 7) is 6.03. The van der Waals surface area contributed by atoms with Crippen molar-refractivity contribution in [1.29, 1.82) is 0 Å². The van der Waals surface area contributed by atoms with Crippen molar-refractivity contribution < 1.29 is 9.53 Å². The highest BCUT2D eigenvalue weighted by Gasteiger charge is 2.18. The second-order valence-corrected chi connectivity index (χ2v) is 6.71. The van der Waals surface area contributed by atoms with Gasteiger partial charge >= 0.3 is 0 Å². The zero-order valence-electron chi connectivity index (χ0n) is 15.6. The number of nitrogens with one attached hydrogen (secondary N) is 1. The SMILES string of the molecule is Cc1nn(-c2ccccc2)c(C)c1CNC(=O)[C@H](C)Oc1ccccc1Cl. The van der Waals surface area contributed by atoms with Crippen LogP contribution in [0, 0.1) is 13.8 Å². The predicted molar refractivity (Wildman–Crippen MR) is 106 cm³/mol. The Morgan fingerprint density at radius 2 is 1.81 bits per heavy atom. The maximum absolute atomic E-state index is 12.4. The molecule has 0 radical (unpaired) electrons. The van der Waals surface area contributed by atoms with Gasteiger partial charge in [0.1, 0.15) is 5.75 Å². The first-order chi connectivity index (χ1) is 13.0. The van der Waals surface area contributed by atoms with Crippen LogP contribution in [0.1, 0.15) is 23.9 Å². The van der Waals surface area contributed by atoms with E-state index in [2.05, 4.69) is 10.4 Å². The van der Waals surface area contributed by atoms with Crippen LogP contribution in [0.4, 0.5) is 0 Å². The Kier molecular flexibility index (Phi) is 5.81. The van der Waals surface area contributed by atoms with Crippen molar-refractivity contribution in [3.8, 4) is 11.4 Å². The molecule has 27 heavy (non-hydrogen) atoms. The number of aryl methyl sites for hydroxylation is 1. The third-order valence-electron chi connectivity index (χ3n) is 4.39. The molecule has 0 saturated carbocycles. The molecule has 0 aliphatic rings. The number of rotatable bonds is 6. The molecule has 0 spiro atoms. The summed E-state index contributed by atoms with van der Waals surface area (Å²) in [5, 5.41) is 8.00. The van der Waals surface area contributed by atoms with E-state index in [9.17, 15) is 4.79 Å². The first kappa shape index (κ1) is 19.0. The van der Waals surface area contributed by atoms with Crippen LogP contribution in [0.3, 0.4) is 0 Å². The smallest absolute Gasteiger partial charge is 0.261 e. The van der Waals surface area contributed by atoms with Crippen LogP contribution in [-0.2, 0) is 11.3 Å². The van der Waals surface area contributed by atoms with Crippen LogP contribution < -0.4 is 10.1 Å². The average Bonchev–Trinajstić information content (AvgIpc) is 2.96. The molecule has 6 heteroatoms. The fraction of sp³-hybridized carbons (Fsp3) is 0.238. The Morgan fingerprint density at radius 1 is 1.15 bits per heavy atom. The molecule has 1 heterocycles. The van der Waals surface area contributed by atoms with Crippen molar-refractivity contribution in [3.05, 3.63) is 76.6 Å². The number of aromatic nitrogens is 2. The van der Waals surface area contributed by atoms with Crippen molar-refractivity contribution >= 4 is 17.5 Å². The second-order valence-electron chi connectivity index (χ2n) is 6.31. The minimum atomic E-state index is -0.658. The molecule has 140 valence electrons. The summed E-state index contributed by atoms with van der Waals surface area (Å²) in [4.78, 5) is 12.4. The molecule has 3 aromatic rings. The number of ether oxygens (including phenoxy) is 1. The number of benzene rings is 2.